The molecule has 1 heterocycles. The number of nitrogens with two attached hydrogens (primary N) is 1. The fraction of sp³-hybridized carbons (Fsp3) is 0.364. The Balaban J connectivity index is 2.22. The minimum absolute atomic E-state index is 0.706. The summed E-state index contributed by atoms with van der Waals surface area (Å²) in [5.41, 5.74) is 7.80. The monoisotopic (exact) mass is 232 g/mol. The van der Waals surface area contributed by atoms with E-state index in [9.17, 15) is 0 Å². The van der Waals surface area contributed by atoms with Crippen molar-refractivity contribution in [3.8, 4) is 0 Å². The SMILES string of the molecule is CCN(Cc1ccccc1N)c1nnnn1C. The molecule has 0 unspecified atom stereocenters. The average Bonchev–Trinajstić information content (AvgIpc) is 2.75. The molecule has 0 atom stereocenters. The first-order valence-electron chi connectivity index (χ1n) is 5.53. The van der Waals surface area contributed by atoms with Gasteiger partial charge in [0.25, 0.3) is 0 Å². The number of para-hydroxylation sites is 1. The minimum atomic E-state index is 0.706. The standard InChI is InChI=1S/C11H16N6/c1-3-17(11-13-14-15-16(11)2)8-9-6-4-5-7-10(9)12/h4-7H,3,8,12H2,1-2H3. The lowest BCUT2D eigenvalue weighted by Gasteiger charge is -2.21. The van der Waals surface area contributed by atoms with Gasteiger partial charge in [-0.15, -0.1) is 0 Å². The van der Waals surface area contributed by atoms with Gasteiger partial charge in [0, 0.05) is 25.8 Å². The summed E-state index contributed by atoms with van der Waals surface area (Å²) in [7, 11) is 1.83. The molecule has 0 bridgehead atoms. The Labute approximate surface area is 100 Å². The molecular weight excluding hydrogens is 216 g/mol. The van der Waals surface area contributed by atoms with Crippen molar-refractivity contribution in [2.75, 3.05) is 17.2 Å². The Morgan fingerprint density at radius 2 is 2.12 bits per heavy atom. The van der Waals surface area contributed by atoms with Gasteiger partial charge >= 0.3 is 0 Å². The van der Waals surface area contributed by atoms with E-state index in [4.69, 9.17) is 5.73 Å². The van der Waals surface area contributed by atoms with Gasteiger partial charge < -0.3 is 10.6 Å². The third kappa shape index (κ3) is 2.35. The maximum absolute atomic E-state index is 5.93. The van der Waals surface area contributed by atoms with Crippen LogP contribution in [0, 0.1) is 0 Å². The molecule has 1 aromatic heterocycles. The molecule has 0 amide bonds. The summed E-state index contributed by atoms with van der Waals surface area (Å²) in [4.78, 5) is 2.08. The normalized spacial score (nSPS) is 10.5. The molecule has 17 heavy (non-hydrogen) atoms. The highest BCUT2D eigenvalue weighted by molar-refractivity contribution is 5.48. The molecule has 0 aliphatic carbocycles. The molecule has 0 radical (unpaired) electrons. The quantitative estimate of drug-likeness (QED) is 0.790. The molecule has 1 aromatic carbocycles. The van der Waals surface area contributed by atoms with E-state index in [1.54, 1.807) is 4.68 Å². The Bertz CT molecular complexity index is 492. The molecule has 0 saturated carbocycles. The number of anilines is 2. The summed E-state index contributed by atoms with van der Waals surface area (Å²) in [6.45, 7) is 3.59. The first kappa shape index (κ1) is 11.4. The van der Waals surface area contributed by atoms with Crippen molar-refractivity contribution in [2.24, 2.45) is 7.05 Å². The number of aromatic nitrogens is 4. The lowest BCUT2D eigenvalue weighted by atomic mass is 10.2. The lowest BCUT2D eigenvalue weighted by Crippen LogP contribution is -2.25. The second-order valence-corrected chi connectivity index (χ2v) is 3.82. The Morgan fingerprint density at radius 3 is 2.71 bits per heavy atom. The summed E-state index contributed by atoms with van der Waals surface area (Å²) in [5, 5.41) is 11.5. The van der Waals surface area contributed by atoms with Gasteiger partial charge in [-0.25, -0.2) is 4.68 Å². The van der Waals surface area contributed by atoms with Gasteiger partial charge in [-0.1, -0.05) is 23.3 Å². The van der Waals surface area contributed by atoms with Crippen molar-refractivity contribution in [3.63, 3.8) is 0 Å². The Kier molecular flexibility index (Phi) is 3.22. The molecule has 0 fully saturated rings. The summed E-state index contributed by atoms with van der Waals surface area (Å²) in [5.74, 6) is 0.746. The first-order chi connectivity index (χ1) is 8.22. The minimum Gasteiger partial charge on any atom is -0.398 e. The Hall–Kier alpha value is -2.11. The fourth-order valence-corrected chi connectivity index (χ4v) is 1.70. The van der Waals surface area contributed by atoms with Crippen molar-refractivity contribution in [1.29, 1.82) is 0 Å². The van der Waals surface area contributed by atoms with Crippen molar-refractivity contribution < 1.29 is 0 Å². The molecule has 2 N–H and O–H groups in total. The molecule has 0 aliphatic heterocycles. The van der Waals surface area contributed by atoms with E-state index in [1.165, 1.54) is 0 Å². The van der Waals surface area contributed by atoms with Gasteiger partial charge in [-0.3, -0.25) is 0 Å². The van der Waals surface area contributed by atoms with E-state index in [2.05, 4.69) is 27.3 Å². The summed E-state index contributed by atoms with van der Waals surface area (Å²) in [6, 6.07) is 7.83. The zero-order valence-corrected chi connectivity index (χ0v) is 10.0. The van der Waals surface area contributed by atoms with Gasteiger partial charge in [0.1, 0.15) is 0 Å². The second kappa shape index (κ2) is 4.82. The van der Waals surface area contributed by atoms with Crippen LogP contribution in [0.1, 0.15) is 12.5 Å². The third-order valence-corrected chi connectivity index (χ3v) is 2.68. The molecule has 0 saturated heterocycles. The van der Waals surface area contributed by atoms with E-state index in [-0.39, 0.29) is 0 Å². The number of hydrogen-bond donors (Lipinski definition) is 1. The average molecular weight is 232 g/mol. The van der Waals surface area contributed by atoms with Gasteiger partial charge in [-0.2, -0.15) is 0 Å². The topological polar surface area (TPSA) is 72.9 Å². The fourth-order valence-electron chi connectivity index (χ4n) is 1.70. The molecule has 90 valence electrons. The van der Waals surface area contributed by atoms with E-state index < -0.39 is 0 Å². The van der Waals surface area contributed by atoms with Crippen molar-refractivity contribution in [1.82, 2.24) is 20.2 Å². The van der Waals surface area contributed by atoms with Crippen molar-refractivity contribution in [3.05, 3.63) is 29.8 Å². The van der Waals surface area contributed by atoms with Crippen LogP contribution in [0.25, 0.3) is 0 Å². The maximum Gasteiger partial charge on any atom is 0.245 e. The van der Waals surface area contributed by atoms with Crippen LogP contribution in [0.5, 0.6) is 0 Å². The molecule has 2 aromatic rings. The highest BCUT2D eigenvalue weighted by atomic mass is 15.6. The number of nitrogen functional groups attached to an aromatic ring is 1. The van der Waals surface area contributed by atoms with Crippen LogP contribution in [0.15, 0.2) is 24.3 Å². The number of hydrogen-bond acceptors (Lipinski definition) is 5. The molecular formula is C11H16N6. The molecule has 2 rings (SSSR count). The van der Waals surface area contributed by atoms with E-state index >= 15 is 0 Å². The summed E-state index contributed by atoms with van der Waals surface area (Å²) in [6.07, 6.45) is 0. The van der Waals surface area contributed by atoms with Gasteiger partial charge in [0.15, 0.2) is 0 Å². The molecule has 6 nitrogen and oxygen atoms in total. The number of tetrazole rings is 1. The van der Waals surface area contributed by atoms with Crippen molar-refractivity contribution in [2.45, 2.75) is 13.5 Å². The van der Waals surface area contributed by atoms with Crippen LogP contribution in [-0.2, 0) is 13.6 Å². The summed E-state index contributed by atoms with van der Waals surface area (Å²) >= 11 is 0. The second-order valence-electron chi connectivity index (χ2n) is 3.82. The predicted octanol–water partition coefficient (Wildman–Crippen LogP) is 0.819. The molecule has 0 aliphatic rings. The molecule has 6 heteroatoms. The number of aryl methyl sites for hydroxylation is 1. The van der Waals surface area contributed by atoms with Crippen LogP contribution in [0.4, 0.5) is 11.6 Å². The van der Waals surface area contributed by atoms with Crippen LogP contribution >= 0.6 is 0 Å². The smallest absolute Gasteiger partial charge is 0.245 e. The number of rotatable bonds is 4. The van der Waals surface area contributed by atoms with Crippen LogP contribution in [0.2, 0.25) is 0 Å². The van der Waals surface area contributed by atoms with E-state index in [0.717, 1.165) is 23.7 Å². The highest BCUT2D eigenvalue weighted by Crippen LogP contribution is 2.16. The largest absolute Gasteiger partial charge is 0.398 e. The zero-order valence-electron chi connectivity index (χ0n) is 10.0. The predicted molar refractivity (Wildman–Crippen MR) is 66.4 cm³/mol. The Morgan fingerprint density at radius 1 is 1.35 bits per heavy atom. The maximum atomic E-state index is 5.93. The number of benzene rings is 1. The van der Waals surface area contributed by atoms with E-state index in [1.807, 2.05) is 31.3 Å². The summed E-state index contributed by atoms with van der Waals surface area (Å²) < 4.78 is 1.66. The van der Waals surface area contributed by atoms with Crippen LogP contribution in [-0.4, -0.2) is 26.8 Å². The highest BCUT2D eigenvalue weighted by Gasteiger charge is 2.12. The number of nitrogens with zero attached hydrogens (tertiary/aromatic N) is 5. The van der Waals surface area contributed by atoms with Crippen LogP contribution < -0.4 is 10.6 Å². The zero-order chi connectivity index (χ0) is 12.3. The first-order valence-corrected chi connectivity index (χ1v) is 5.53. The van der Waals surface area contributed by atoms with Crippen molar-refractivity contribution >= 4 is 11.6 Å². The lowest BCUT2D eigenvalue weighted by molar-refractivity contribution is 0.683. The van der Waals surface area contributed by atoms with Gasteiger partial charge in [0.2, 0.25) is 5.95 Å². The molecule has 0 spiro atoms. The van der Waals surface area contributed by atoms with Gasteiger partial charge in [0.05, 0.1) is 0 Å². The van der Waals surface area contributed by atoms with Gasteiger partial charge in [-0.05, 0) is 29.0 Å². The van der Waals surface area contributed by atoms with E-state index in [0.29, 0.717) is 6.54 Å². The third-order valence-electron chi connectivity index (χ3n) is 2.68. The van der Waals surface area contributed by atoms with Crippen LogP contribution in [0.3, 0.4) is 0 Å².